The summed E-state index contributed by atoms with van der Waals surface area (Å²) in [6.45, 7) is 9.45. The van der Waals surface area contributed by atoms with Crippen molar-refractivity contribution in [2.45, 2.75) is 34.6 Å². The van der Waals surface area contributed by atoms with Crippen molar-refractivity contribution in [3.63, 3.8) is 0 Å². The molecular formula is C23H29FN2O3. The van der Waals surface area contributed by atoms with Gasteiger partial charge in [-0.05, 0) is 69.7 Å². The summed E-state index contributed by atoms with van der Waals surface area (Å²) in [6, 6.07) is 14.2. The number of aryl methyl sites for hydroxylation is 1. The van der Waals surface area contributed by atoms with Crippen LogP contribution in [0, 0.1) is 18.2 Å². The molecule has 156 valence electrons. The highest BCUT2D eigenvalue weighted by Crippen LogP contribution is 2.26. The lowest BCUT2D eigenvalue weighted by Gasteiger charge is -2.29. The molecule has 0 bridgehead atoms. The van der Waals surface area contributed by atoms with Gasteiger partial charge in [0.05, 0.1) is 5.41 Å². The van der Waals surface area contributed by atoms with Crippen LogP contribution in [-0.2, 0) is 14.3 Å². The number of hydrogen-bond acceptors (Lipinski definition) is 4. The zero-order chi connectivity index (χ0) is 21.6. The molecule has 1 amide bonds. The standard InChI is InChI=1S/C23H29FN2O3/c1-17-7-6-8-21(15-17)26(20-11-9-19(24)10-12-20)14-13-25(18(2)27)16-29-22(28)23(3,4)5/h6-12,15H,13-14,16H2,1-5H3. The Morgan fingerprint density at radius 1 is 1.00 bits per heavy atom. The summed E-state index contributed by atoms with van der Waals surface area (Å²) in [7, 11) is 0. The first kappa shape index (κ1) is 22.4. The lowest BCUT2D eigenvalue weighted by atomic mass is 9.98. The lowest BCUT2D eigenvalue weighted by molar-refractivity contribution is -0.160. The van der Waals surface area contributed by atoms with Crippen molar-refractivity contribution in [3.8, 4) is 0 Å². The van der Waals surface area contributed by atoms with E-state index in [0.717, 1.165) is 16.9 Å². The third kappa shape index (κ3) is 6.59. The van der Waals surface area contributed by atoms with E-state index in [4.69, 9.17) is 4.74 Å². The molecule has 0 fully saturated rings. The summed E-state index contributed by atoms with van der Waals surface area (Å²) in [6.07, 6.45) is 0. The molecule has 0 unspecified atom stereocenters. The molecule has 0 aromatic heterocycles. The maximum Gasteiger partial charge on any atom is 0.312 e. The molecule has 5 nitrogen and oxygen atoms in total. The van der Waals surface area contributed by atoms with Crippen LogP contribution in [0.2, 0.25) is 0 Å². The maximum absolute atomic E-state index is 13.4. The average Bonchev–Trinajstić information content (AvgIpc) is 2.64. The van der Waals surface area contributed by atoms with E-state index in [1.165, 1.54) is 24.0 Å². The SMILES string of the molecule is CC(=O)N(CCN(c1ccc(F)cc1)c1cccc(C)c1)COC(=O)C(C)(C)C. The normalized spacial score (nSPS) is 11.1. The van der Waals surface area contributed by atoms with Gasteiger partial charge in [-0.2, -0.15) is 0 Å². The Bertz CT molecular complexity index is 844. The number of rotatable bonds is 7. The Kier molecular flexibility index (Phi) is 7.37. The first-order valence-electron chi connectivity index (χ1n) is 9.60. The fraction of sp³-hybridized carbons (Fsp3) is 0.391. The Morgan fingerprint density at radius 2 is 1.66 bits per heavy atom. The van der Waals surface area contributed by atoms with Gasteiger partial charge in [0.2, 0.25) is 5.91 Å². The van der Waals surface area contributed by atoms with Gasteiger partial charge in [-0.1, -0.05) is 12.1 Å². The Hall–Kier alpha value is -2.89. The monoisotopic (exact) mass is 400 g/mol. The van der Waals surface area contributed by atoms with E-state index in [1.54, 1.807) is 32.9 Å². The Labute approximate surface area is 172 Å². The molecular weight excluding hydrogens is 371 g/mol. The van der Waals surface area contributed by atoms with E-state index in [9.17, 15) is 14.0 Å². The number of nitrogens with zero attached hydrogens (tertiary/aromatic N) is 2. The van der Waals surface area contributed by atoms with Crippen LogP contribution in [0.25, 0.3) is 0 Å². The van der Waals surface area contributed by atoms with Crippen molar-refractivity contribution in [2.75, 3.05) is 24.7 Å². The van der Waals surface area contributed by atoms with Crippen LogP contribution in [0.5, 0.6) is 0 Å². The van der Waals surface area contributed by atoms with Crippen molar-refractivity contribution in [1.29, 1.82) is 0 Å². The highest BCUT2D eigenvalue weighted by Gasteiger charge is 2.24. The Balaban J connectivity index is 2.17. The largest absolute Gasteiger partial charge is 0.444 e. The predicted octanol–water partition coefficient (Wildman–Crippen LogP) is 4.67. The molecule has 0 saturated heterocycles. The average molecular weight is 400 g/mol. The van der Waals surface area contributed by atoms with Crippen molar-refractivity contribution in [2.24, 2.45) is 5.41 Å². The third-order valence-electron chi connectivity index (χ3n) is 4.45. The van der Waals surface area contributed by atoms with Gasteiger partial charge < -0.3 is 14.5 Å². The van der Waals surface area contributed by atoms with Crippen LogP contribution in [0.1, 0.15) is 33.3 Å². The second kappa shape index (κ2) is 9.54. The lowest BCUT2D eigenvalue weighted by Crippen LogP contribution is -2.39. The number of hydrogen-bond donors (Lipinski definition) is 0. The predicted molar refractivity (Wildman–Crippen MR) is 112 cm³/mol. The minimum atomic E-state index is -0.635. The van der Waals surface area contributed by atoms with Crippen molar-refractivity contribution in [1.82, 2.24) is 4.90 Å². The topological polar surface area (TPSA) is 49.9 Å². The van der Waals surface area contributed by atoms with Gasteiger partial charge in [-0.3, -0.25) is 9.59 Å². The van der Waals surface area contributed by atoms with E-state index in [-0.39, 0.29) is 24.4 Å². The summed E-state index contributed by atoms with van der Waals surface area (Å²) in [5, 5.41) is 0. The van der Waals surface area contributed by atoms with Crippen LogP contribution >= 0.6 is 0 Å². The first-order chi connectivity index (χ1) is 13.6. The van der Waals surface area contributed by atoms with E-state index >= 15 is 0 Å². The van der Waals surface area contributed by atoms with E-state index in [0.29, 0.717) is 13.1 Å². The van der Waals surface area contributed by atoms with Crippen LogP contribution in [0.4, 0.5) is 15.8 Å². The van der Waals surface area contributed by atoms with E-state index in [2.05, 4.69) is 0 Å². The van der Waals surface area contributed by atoms with Gasteiger partial charge >= 0.3 is 5.97 Å². The smallest absolute Gasteiger partial charge is 0.312 e. The molecule has 2 rings (SSSR count). The van der Waals surface area contributed by atoms with Crippen LogP contribution in [0.3, 0.4) is 0 Å². The number of carbonyl (C=O) groups excluding carboxylic acids is 2. The highest BCUT2D eigenvalue weighted by atomic mass is 19.1. The molecule has 2 aromatic rings. The van der Waals surface area contributed by atoms with E-state index < -0.39 is 5.41 Å². The van der Waals surface area contributed by atoms with E-state index in [1.807, 2.05) is 36.1 Å². The van der Waals surface area contributed by atoms with Crippen LogP contribution < -0.4 is 4.90 Å². The maximum atomic E-state index is 13.4. The molecule has 29 heavy (non-hydrogen) atoms. The second-order valence-electron chi connectivity index (χ2n) is 8.06. The molecule has 0 aliphatic carbocycles. The van der Waals surface area contributed by atoms with Gasteiger partial charge in [0.25, 0.3) is 0 Å². The third-order valence-corrected chi connectivity index (χ3v) is 4.45. The number of benzene rings is 2. The van der Waals surface area contributed by atoms with Gasteiger partial charge in [-0.15, -0.1) is 0 Å². The summed E-state index contributed by atoms with van der Waals surface area (Å²) < 4.78 is 18.7. The number of anilines is 2. The quantitative estimate of drug-likeness (QED) is 0.501. The molecule has 0 heterocycles. The molecule has 0 radical (unpaired) electrons. The van der Waals surface area contributed by atoms with Crippen molar-refractivity contribution >= 4 is 23.3 Å². The molecule has 0 spiro atoms. The zero-order valence-corrected chi connectivity index (χ0v) is 17.7. The number of esters is 1. The first-order valence-corrected chi connectivity index (χ1v) is 9.60. The molecule has 2 aromatic carbocycles. The van der Waals surface area contributed by atoms with Gasteiger partial charge in [0.15, 0.2) is 6.73 Å². The number of amides is 1. The van der Waals surface area contributed by atoms with Crippen molar-refractivity contribution in [3.05, 3.63) is 59.9 Å². The Morgan fingerprint density at radius 3 is 2.21 bits per heavy atom. The summed E-state index contributed by atoms with van der Waals surface area (Å²) in [4.78, 5) is 27.6. The molecule has 0 saturated carbocycles. The number of ether oxygens (including phenoxy) is 1. The number of carbonyl (C=O) groups is 2. The summed E-state index contributed by atoms with van der Waals surface area (Å²) in [5.74, 6) is -0.856. The fourth-order valence-electron chi connectivity index (χ4n) is 2.71. The minimum Gasteiger partial charge on any atom is -0.444 e. The minimum absolute atomic E-state index is 0.101. The summed E-state index contributed by atoms with van der Waals surface area (Å²) in [5.41, 5.74) is 2.21. The molecule has 0 N–H and O–H groups in total. The molecule has 6 heteroatoms. The molecule has 0 aliphatic rings. The molecule has 0 aliphatic heterocycles. The second-order valence-corrected chi connectivity index (χ2v) is 8.06. The number of halogens is 1. The van der Waals surface area contributed by atoms with Gasteiger partial charge in [-0.25, -0.2) is 4.39 Å². The van der Waals surface area contributed by atoms with Crippen LogP contribution in [0.15, 0.2) is 48.5 Å². The summed E-state index contributed by atoms with van der Waals surface area (Å²) >= 11 is 0. The highest BCUT2D eigenvalue weighted by molar-refractivity contribution is 5.76. The van der Waals surface area contributed by atoms with Gasteiger partial charge in [0, 0.05) is 31.4 Å². The zero-order valence-electron chi connectivity index (χ0n) is 17.7. The van der Waals surface area contributed by atoms with Crippen molar-refractivity contribution < 1.29 is 18.7 Å². The van der Waals surface area contributed by atoms with Gasteiger partial charge in [0.1, 0.15) is 5.82 Å². The molecule has 0 atom stereocenters. The van der Waals surface area contributed by atoms with Crippen LogP contribution in [-0.4, -0.2) is 36.6 Å². The fourth-order valence-corrected chi connectivity index (χ4v) is 2.71.